The minimum Gasteiger partial charge on any atom is -0.322 e. The molecule has 2 unspecified atom stereocenters. The summed E-state index contributed by atoms with van der Waals surface area (Å²) in [6, 6.07) is 0.0619. The molecule has 2 N–H and O–H groups in total. The van der Waals surface area contributed by atoms with E-state index in [2.05, 4.69) is 34.9 Å². The molecule has 13 heavy (non-hydrogen) atoms. The molecule has 0 bridgehead atoms. The molecule has 1 heterocycles. The van der Waals surface area contributed by atoms with E-state index >= 15 is 0 Å². The lowest BCUT2D eigenvalue weighted by atomic mass is 9.97. The van der Waals surface area contributed by atoms with E-state index in [1.807, 2.05) is 11.7 Å². The second-order valence-electron chi connectivity index (χ2n) is 3.41. The molecule has 0 aliphatic rings. The van der Waals surface area contributed by atoms with Gasteiger partial charge in [0.2, 0.25) is 0 Å². The number of aromatic nitrogens is 2. The number of halogens is 1. The highest BCUT2D eigenvalue weighted by Crippen LogP contribution is 2.27. The van der Waals surface area contributed by atoms with E-state index in [0.29, 0.717) is 5.92 Å². The molecule has 0 radical (unpaired) electrons. The topological polar surface area (TPSA) is 43.8 Å². The SMILES string of the molecule is CCC(C)C(N)c1c(Br)cnn1C. The molecule has 0 amide bonds. The van der Waals surface area contributed by atoms with E-state index < -0.39 is 0 Å². The van der Waals surface area contributed by atoms with Crippen LogP contribution in [0.1, 0.15) is 32.0 Å². The van der Waals surface area contributed by atoms with Crippen LogP contribution in [0.5, 0.6) is 0 Å². The molecule has 2 atom stereocenters. The molecule has 0 aromatic carbocycles. The summed E-state index contributed by atoms with van der Waals surface area (Å²) >= 11 is 3.45. The quantitative estimate of drug-likeness (QED) is 0.888. The van der Waals surface area contributed by atoms with Crippen molar-refractivity contribution in [2.45, 2.75) is 26.3 Å². The Balaban J connectivity index is 2.93. The maximum absolute atomic E-state index is 6.10. The van der Waals surface area contributed by atoms with Gasteiger partial charge < -0.3 is 5.73 Å². The summed E-state index contributed by atoms with van der Waals surface area (Å²) in [7, 11) is 1.92. The fourth-order valence-electron chi connectivity index (χ4n) is 1.32. The molecule has 0 aliphatic carbocycles. The van der Waals surface area contributed by atoms with E-state index in [1.54, 1.807) is 6.20 Å². The van der Waals surface area contributed by atoms with Crippen molar-refractivity contribution in [2.75, 3.05) is 0 Å². The monoisotopic (exact) mass is 245 g/mol. The molecule has 74 valence electrons. The second kappa shape index (κ2) is 4.24. The molecule has 3 nitrogen and oxygen atoms in total. The first-order chi connectivity index (χ1) is 6.07. The average molecular weight is 246 g/mol. The van der Waals surface area contributed by atoms with Crippen LogP contribution in [-0.2, 0) is 7.05 Å². The fraction of sp³-hybridized carbons (Fsp3) is 0.667. The third kappa shape index (κ3) is 2.11. The van der Waals surface area contributed by atoms with Gasteiger partial charge in [-0.25, -0.2) is 0 Å². The van der Waals surface area contributed by atoms with Gasteiger partial charge in [0.25, 0.3) is 0 Å². The Hall–Kier alpha value is -0.350. The van der Waals surface area contributed by atoms with Crippen LogP contribution in [0.25, 0.3) is 0 Å². The highest BCUT2D eigenvalue weighted by atomic mass is 79.9. The lowest BCUT2D eigenvalue weighted by Gasteiger charge is -2.18. The summed E-state index contributed by atoms with van der Waals surface area (Å²) in [5.74, 6) is 0.478. The van der Waals surface area contributed by atoms with Gasteiger partial charge in [-0.3, -0.25) is 4.68 Å². The Bertz CT molecular complexity index is 263. The Labute approximate surface area is 87.4 Å². The summed E-state index contributed by atoms with van der Waals surface area (Å²) < 4.78 is 2.84. The molecule has 1 aromatic rings. The van der Waals surface area contributed by atoms with Crippen molar-refractivity contribution in [3.05, 3.63) is 16.4 Å². The first-order valence-corrected chi connectivity index (χ1v) is 5.30. The van der Waals surface area contributed by atoms with Crippen molar-refractivity contribution in [2.24, 2.45) is 18.7 Å². The number of aryl methyl sites for hydroxylation is 1. The lowest BCUT2D eigenvalue weighted by Crippen LogP contribution is -2.21. The second-order valence-corrected chi connectivity index (χ2v) is 4.27. The van der Waals surface area contributed by atoms with E-state index in [4.69, 9.17) is 5.73 Å². The van der Waals surface area contributed by atoms with E-state index in [0.717, 1.165) is 16.6 Å². The smallest absolute Gasteiger partial charge is 0.0692 e. The van der Waals surface area contributed by atoms with Crippen molar-refractivity contribution in [1.82, 2.24) is 9.78 Å². The van der Waals surface area contributed by atoms with Crippen LogP contribution in [0, 0.1) is 5.92 Å². The zero-order valence-corrected chi connectivity index (χ0v) is 9.87. The van der Waals surface area contributed by atoms with Gasteiger partial charge in [-0.2, -0.15) is 5.10 Å². The van der Waals surface area contributed by atoms with Gasteiger partial charge in [0, 0.05) is 7.05 Å². The molecule has 0 spiro atoms. The van der Waals surface area contributed by atoms with Crippen molar-refractivity contribution < 1.29 is 0 Å². The fourth-order valence-corrected chi connectivity index (χ4v) is 1.93. The highest BCUT2D eigenvalue weighted by Gasteiger charge is 2.19. The molecule has 1 aromatic heterocycles. The number of rotatable bonds is 3. The molecule has 0 aliphatic heterocycles. The predicted molar refractivity (Wildman–Crippen MR) is 57.3 cm³/mol. The maximum atomic E-state index is 6.10. The minimum atomic E-state index is 0.0619. The Kier molecular flexibility index (Phi) is 3.50. The number of nitrogens with zero attached hydrogens (tertiary/aromatic N) is 2. The van der Waals surface area contributed by atoms with Crippen LogP contribution >= 0.6 is 15.9 Å². The molecule has 4 heteroatoms. The van der Waals surface area contributed by atoms with Crippen molar-refractivity contribution in [3.8, 4) is 0 Å². The lowest BCUT2D eigenvalue weighted by molar-refractivity contribution is 0.432. The standard InChI is InChI=1S/C9H16BrN3/c1-4-6(2)8(11)9-7(10)5-12-13(9)3/h5-6,8H,4,11H2,1-3H3. The van der Waals surface area contributed by atoms with Gasteiger partial charge in [0.05, 0.1) is 22.4 Å². The predicted octanol–water partition coefficient (Wildman–Crippen LogP) is 2.23. The summed E-state index contributed by atoms with van der Waals surface area (Å²) in [5.41, 5.74) is 7.18. The van der Waals surface area contributed by atoms with Crippen LogP contribution in [0.2, 0.25) is 0 Å². The molecule has 0 saturated carbocycles. The largest absolute Gasteiger partial charge is 0.322 e. The van der Waals surface area contributed by atoms with E-state index in [-0.39, 0.29) is 6.04 Å². The molecule has 0 fully saturated rings. The van der Waals surface area contributed by atoms with E-state index in [1.165, 1.54) is 0 Å². The molecular weight excluding hydrogens is 230 g/mol. The van der Waals surface area contributed by atoms with Gasteiger partial charge in [-0.15, -0.1) is 0 Å². The first kappa shape index (κ1) is 10.7. The third-order valence-electron chi connectivity index (χ3n) is 2.51. The summed E-state index contributed by atoms with van der Waals surface area (Å²) in [4.78, 5) is 0. The normalized spacial score (nSPS) is 15.8. The molecule has 1 rings (SSSR count). The van der Waals surface area contributed by atoms with Gasteiger partial charge in [0.1, 0.15) is 0 Å². The number of nitrogens with two attached hydrogens (primary N) is 1. The number of hydrogen-bond acceptors (Lipinski definition) is 2. The van der Waals surface area contributed by atoms with Crippen LogP contribution in [-0.4, -0.2) is 9.78 Å². The zero-order valence-electron chi connectivity index (χ0n) is 8.29. The summed E-state index contributed by atoms with van der Waals surface area (Å²) in [6.45, 7) is 4.30. The van der Waals surface area contributed by atoms with Crippen LogP contribution in [0.3, 0.4) is 0 Å². The first-order valence-electron chi connectivity index (χ1n) is 4.50. The summed E-state index contributed by atoms with van der Waals surface area (Å²) in [6.07, 6.45) is 2.87. The van der Waals surface area contributed by atoms with Crippen LogP contribution in [0.15, 0.2) is 10.7 Å². The molecule has 0 saturated heterocycles. The van der Waals surface area contributed by atoms with Gasteiger partial charge in [0.15, 0.2) is 0 Å². The zero-order chi connectivity index (χ0) is 10.0. The van der Waals surface area contributed by atoms with Crippen molar-refractivity contribution >= 4 is 15.9 Å². The summed E-state index contributed by atoms with van der Waals surface area (Å²) in [5, 5.41) is 4.14. The van der Waals surface area contributed by atoms with Gasteiger partial charge in [-0.1, -0.05) is 20.3 Å². The van der Waals surface area contributed by atoms with Gasteiger partial charge in [-0.05, 0) is 21.8 Å². The highest BCUT2D eigenvalue weighted by molar-refractivity contribution is 9.10. The minimum absolute atomic E-state index is 0.0619. The van der Waals surface area contributed by atoms with E-state index in [9.17, 15) is 0 Å². The Morgan fingerprint density at radius 3 is 2.69 bits per heavy atom. The Morgan fingerprint density at radius 1 is 1.69 bits per heavy atom. The average Bonchev–Trinajstić information content (AvgIpc) is 2.44. The van der Waals surface area contributed by atoms with Crippen molar-refractivity contribution in [3.63, 3.8) is 0 Å². The number of hydrogen-bond donors (Lipinski definition) is 1. The third-order valence-corrected chi connectivity index (χ3v) is 3.12. The maximum Gasteiger partial charge on any atom is 0.0692 e. The van der Waals surface area contributed by atoms with Crippen LogP contribution in [0.4, 0.5) is 0 Å². The Morgan fingerprint density at radius 2 is 2.31 bits per heavy atom. The van der Waals surface area contributed by atoms with Gasteiger partial charge >= 0.3 is 0 Å². The van der Waals surface area contributed by atoms with Crippen LogP contribution < -0.4 is 5.73 Å². The van der Waals surface area contributed by atoms with Crippen molar-refractivity contribution in [1.29, 1.82) is 0 Å². The molecular formula is C9H16BrN3.